The molecule has 0 spiro atoms. The second kappa shape index (κ2) is 9.32. The van der Waals surface area contributed by atoms with Crippen molar-refractivity contribution in [1.29, 1.82) is 0 Å². The lowest BCUT2D eigenvalue weighted by Gasteiger charge is -2.25. The molecule has 5 rings (SSSR count). The number of aromatic nitrogens is 2. The summed E-state index contributed by atoms with van der Waals surface area (Å²) in [5.41, 5.74) is 1.34. The molecule has 0 bridgehead atoms. The lowest BCUT2D eigenvalue weighted by molar-refractivity contribution is 0.0664. The maximum Gasteiger partial charge on any atom is 0.276 e. The minimum Gasteiger partial charge on any atom is -0.411 e. The zero-order valence-electron chi connectivity index (χ0n) is 18.2. The molecule has 2 aromatic carbocycles. The number of nitrogens with zero attached hydrogens (tertiary/aromatic N) is 4. The Hall–Kier alpha value is -3.02. The Morgan fingerprint density at radius 3 is 2.32 bits per heavy atom. The average Bonchev–Trinajstić information content (AvgIpc) is 3.44. The molecular weight excluding hydrogens is 476 g/mol. The Kier molecular flexibility index (Phi) is 6.24. The van der Waals surface area contributed by atoms with E-state index in [9.17, 15) is 18.0 Å². The number of benzene rings is 2. The van der Waals surface area contributed by atoms with Crippen molar-refractivity contribution in [3.8, 4) is 11.5 Å². The molecule has 9 nitrogen and oxygen atoms in total. The normalized spacial score (nSPS) is 16.8. The van der Waals surface area contributed by atoms with Gasteiger partial charge in [0.15, 0.2) is 0 Å². The predicted molar refractivity (Wildman–Crippen MR) is 125 cm³/mol. The number of hydrogen-bond donors (Lipinski definition) is 0. The number of fused-ring (bicyclic) bond motifs is 1. The van der Waals surface area contributed by atoms with Gasteiger partial charge in [0.2, 0.25) is 15.9 Å². The molecule has 0 unspecified atom stereocenters. The Balaban J connectivity index is 1.24. The third-order valence-corrected chi connectivity index (χ3v) is 8.55. The highest BCUT2D eigenvalue weighted by atomic mass is 32.2. The van der Waals surface area contributed by atoms with E-state index in [4.69, 9.17) is 4.42 Å². The summed E-state index contributed by atoms with van der Waals surface area (Å²) in [4.78, 5) is 26.3. The van der Waals surface area contributed by atoms with Crippen LogP contribution in [-0.2, 0) is 10.0 Å². The topological polar surface area (TPSA) is 114 Å². The molecule has 3 aromatic rings. The van der Waals surface area contributed by atoms with E-state index < -0.39 is 10.0 Å². The fraction of sp³-hybridized carbons (Fsp3) is 0.304. The standard InChI is InChI=1S/C23H22N4O5S2/c28-21-18-9-2-3-10-19(18)22(29)27(21)13-14-33-23-25-24-20(32-23)16-7-6-8-17(15-16)34(30,31)26-11-4-1-5-12-26/h2-3,6-10,15H,1,4-5,11-14H2. The minimum absolute atomic E-state index is 0.199. The third kappa shape index (κ3) is 4.26. The summed E-state index contributed by atoms with van der Waals surface area (Å²) in [5.74, 6) is -0.0200. The molecule has 0 radical (unpaired) electrons. The first kappa shape index (κ1) is 22.8. The third-order valence-electron chi connectivity index (χ3n) is 5.86. The highest BCUT2D eigenvalue weighted by Crippen LogP contribution is 2.28. The maximum absolute atomic E-state index is 13.0. The monoisotopic (exact) mass is 498 g/mol. The molecule has 176 valence electrons. The van der Waals surface area contributed by atoms with Gasteiger partial charge in [-0.3, -0.25) is 14.5 Å². The largest absolute Gasteiger partial charge is 0.411 e. The summed E-state index contributed by atoms with van der Waals surface area (Å²) in [7, 11) is -3.57. The van der Waals surface area contributed by atoms with Gasteiger partial charge >= 0.3 is 0 Å². The Labute approximate surface area is 201 Å². The van der Waals surface area contributed by atoms with Gasteiger partial charge in [0.25, 0.3) is 17.0 Å². The van der Waals surface area contributed by atoms with Crippen LogP contribution in [0.4, 0.5) is 0 Å². The fourth-order valence-electron chi connectivity index (χ4n) is 4.10. The van der Waals surface area contributed by atoms with Gasteiger partial charge in [0.1, 0.15) is 0 Å². The van der Waals surface area contributed by atoms with Crippen LogP contribution in [0.25, 0.3) is 11.5 Å². The van der Waals surface area contributed by atoms with Crippen LogP contribution < -0.4 is 0 Å². The summed E-state index contributed by atoms with van der Waals surface area (Å²) >= 11 is 1.23. The van der Waals surface area contributed by atoms with Gasteiger partial charge < -0.3 is 4.42 Å². The molecule has 2 aliphatic heterocycles. The van der Waals surface area contributed by atoms with E-state index in [0.29, 0.717) is 35.5 Å². The number of imide groups is 1. The summed E-state index contributed by atoms with van der Waals surface area (Å²) in [6.07, 6.45) is 2.77. The van der Waals surface area contributed by atoms with Crippen molar-refractivity contribution in [2.75, 3.05) is 25.4 Å². The van der Waals surface area contributed by atoms with Gasteiger partial charge in [-0.05, 0) is 43.2 Å². The molecule has 0 saturated carbocycles. The number of sulfonamides is 1. The second-order valence-electron chi connectivity index (χ2n) is 8.02. The number of piperidine rings is 1. The van der Waals surface area contributed by atoms with Crippen molar-refractivity contribution in [1.82, 2.24) is 19.4 Å². The summed E-state index contributed by atoms with van der Waals surface area (Å²) in [6.45, 7) is 1.26. The van der Waals surface area contributed by atoms with Crippen LogP contribution in [0, 0.1) is 0 Å². The van der Waals surface area contributed by atoms with Gasteiger partial charge in [-0.25, -0.2) is 8.42 Å². The van der Waals surface area contributed by atoms with E-state index >= 15 is 0 Å². The number of amides is 2. The van der Waals surface area contributed by atoms with Crippen molar-refractivity contribution in [3.05, 3.63) is 59.7 Å². The smallest absolute Gasteiger partial charge is 0.276 e. The molecule has 0 N–H and O–H groups in total. The van der Waals surface area contributed by atoms with E-state index in [0.717, 1.165) is 19.3 Å². The number of hydrogen-bond acceptors (Lipinski definition) is 8. The Morgan fingerprint density at radius 1 is 0.912 bits per heavy atom. The van der Waals surface area contributed by atoms with E-state index in [1.165, 1.54) is 21.0 Å². The number of carbonyl (C=O) groups is 2. The molecule has 1 aromatic heterocycles. The first-order valence-corrected chi connectivity index (χ1v) is 13.4. The van der Waals surface area contributed by atoms with Crippen LogP contribution in [0.3, 0.4) is 0 Å². The fourth-order valence-corrected chi connectivity index (χ4v) is 6.34. The molecule has 1 saturated heterocycles. The quantitative estimate of drug-likeness (QED) is 0.360. The molecule has 2 aliphatic rings. The highest BCUT2D eigenvalue weighted by Gasteiger charge is 2.34. The molecule has 34 heavy (non-hydrogen) atoms. The van der Waals surface area contributed by atoms with Crippen molar-refractivity contribution in [2.45, 2.75) is 29.4 Å². The molecule has 0 atom stereocenters. The molecule has 1 fully saturated rings. The van der Waals surface area contributed by atoms with Gasteiger partial charge in [-0.2, -0.15) is 4.31 Å². The molecule has 3 heterocycles. The minimum atomic E-state index is -3.57. The maximum atomic E-state index is 13.0. The first-order chi connectivity index (χ1) is 16.4. The van der Waals surface area contributed by atoms with E-state index in [2.05, 4.69) is 10.2 Å². The van der Waals surface area contributed by atoms with Gasteiger partial charge in [0.05, 0.1) is 16.0 Å². The van der Waals surface area contributed by atoms with Crippen LogP contribution in [0.5, 0.6) is 0 Å². The van der Waals surface area contributed by atoms with Gasteiger partial charge in [-0.15, -0.1) is 10.2 Å². The summed E-state index contributed by atoms with van der Waals surface area (Å²) in [5, 5.41) is 8.33. The average molecular weight is 499 g/mol. The van der Waals surface area contributed by atoms with E-state index in [1.807, 2.05) is 0 Å². The van der Waals surface area contributed by atoms with E-state index in [1.54, 1.807) is 48.5 Å². The number of rotatable bonds is 7. The Bertz CT molecular complexity index is 1310. The number of thioether (sulfide) groups is 1. The van der Waals surface area contributed by atoms with E-state index in [-0.39, 0.29) is 34.4 Å². The molecular formula is C23H22N4O5S2. The molecule has 11 heteroatoms. The van der Waals surface area contributed by atoms with Crippen LogP contribution in [0.1, 0.15) is 40.0 Å². The zero-order chi connectivity index (χ0) is 23.7. The van der Waals surface area contributed by atoms with Crippen LogP contribution in [-0.4, -0.2) is 65.0 Å². The van der Waals surface area contributed by atoms with Gasteiger partial charge in [-0.1, -0.05) is 36.4 Å². The van der Waals surface area contributed by atoms with Crippen molar-refractivity contribution in [2.24, 2.45) is 0 Å². The first-order valence-electron chi connectivity index (χ1n) is 11.0. The lowest BCUT2D eigenvalue weighted by Crippen LogP contribution is -2.35. The molecule has 2 amide bonds. The van der Waals surface area contributed by atoms with Crippen molar-refractivity contribution < 1.29 is 22.4 Å². The van der Waals surface area contributed by atoms with Gasteiger partial charge in [0, 0.05) is 31.0 Å². The van der Waals surface area contributed by atoms with Crippen LogP contribution in [0.15, 0.2) is 63.1 Å². The van der Waals surface area contributed by atoms with Crippen LogP contribution >= 0.6 is 11.8 Å². The van der Waals surface area contributed by atoms with Crippen molar-refractivity contribution in [3.63, 3.8) is 0 Å². The SMILES string of the molecule is O=C1c2ccccc2C(=O)N1CCSc1nnc(-c2cccc(S(=O)(=O)N3CCCCC3)c2)o1. The summed E-state index contributed by atoms with van der Waals surface area (Å²) in [6, 6.07) is 13.2. The Morgan fingerprint density at radius 2 is 1.62 bits per heavy atom. The zero-order valence-corrected chi connectivity index (χ0v) is 19.8. The number of carbonyl (C=O) groups excluding carboxylic acids is 2. The predicted octanol–water partition coefficient (Wildman–Crippen LogP) is 3.30. The lowest BCUT2D eigenvalue weighted by atomic mass is 10.1. The summed E-state index contributed by atoms with van der Waals surface area (Å²) < 4.78 is 33.2. The van der Waals surface area contributed by atoms with Crippen molar-refractivity contribution >= 4 is 33.6 Å². The second-order valence-corrected chi connectivity index (χ2v) is 11.0. The molecule has 0 aliphatic carbocycles. The highest BCUT2D eigenvalue weighted by molar-refractivity contribution is 7.99. The van der Waals surface area contributed by atoms with Crippen LogP contribution in [0.2, 0.25) is 0 Å².